The van der Waals surface area contributed by atoms with Crippen molar-refractivity contribution >= 4 is 6.21 Å². The molecule has 0 aliphatic carbocycles. The van der Waals surface area contributed by atoms with Gasteiger partial charge in [0.2, 0.25) is 0 Å². The van der Waals surface area contributed by atoms with Crippen LogP contribution in [0.2, 0.25) is 0 Å². The van der Waals surface area contributed by atoms with Crippen molar-refractivity contribution in [2.24, 2.45) is 4.99 Å². The number of phenols is 1. The van der Waals surface area contributed by atoms with Crippen LogP contribution in [0.4, 0.5) is 0 Å². The van der Waals surface area contributed by atoms with E-state index in [0.29, 0.717) is 17.9 Å². The first-order chi connectivity index (χ1) is 12.7. The molecule has 1 heterocycles. The van der Waals surface area contributed by atoms with E-state index in [1.165, 1.54) is 18.4 Å². The summed E-state index contributed by atoms with van der Waals surface area (Å²) in [7, 11) is 3.22. The Bertz CT molecular complexity index is 737. The zero-order valence-electron chi connectivity index (χ0n) is 15.4. The Hall–Kier alpha value is -2.53. The number of hydrogen-bond acceptors (Lipinski definition) is 5. The number of phenolic OH excluding ortho intramolecular Hbond substituents is 1. The van der Waals surface area contributed by atoms with Gasteiger partial charge in [-0.2, -0.15) is 0 Å². The predicted molar refractivity (Wildman–Crippen MR) is 104 cm³/mol. The van der Waals surface area contributed by atoms with Gasteiger partial charge in [-0.1, -0.05) is 18.2 Å². The van der Waals surface area contributed by atoms with Gasteiger partial charge in [-0.05, 0) is 55.8 Å². The second-order valence-corrected chi connectivity index (χ2v) is 6.42. The average Bonchev–Trinajstić information content (AvgIpc) is 3.21. The number of nitrogens with zero attached hydrogens (tertiary/aromatic N) is 2. The molecule has 0 saturated carbocycles. The van der Waals surface area contributed by atoms with Crippen LogP contribution in [0.25, 0.3) is 0 Å². The van der Waals surface area contributed by atoms with Crippen molar-refractivity contribution in [3.05, 3.63) is 53.6 Å². The predicted octanol–water partition coefficient (Wildman–Crippen LogP) is 3.67. The number of aromatic hydroxyl groups is 1. The molecule has 0 aromatic heterocycles. The third-order valence-electron chi connectivity index (χ3n) is 4.84. The fourth-order valence-electron chi connectivity index (χ4n) is 3.37. The van der Waals surface area contributed by atoms with E-state index in [1.807, 2.05) is 24.3 Å². The van der Waals surface area contributed by atoms with Gasteiger partial charge in [-0.3, -0.25) is 9.89 Å². The summed E-state index contributed by atoms with van der Waals surface area (Å²) in [6, 6.07) is 13.9. The standard InChI is InChI=1S/C21H26N2O3/c1-25-18-10-8-16(9-11-18)19(23-12-3-4-13-23)15-22-14-17-6-5-7-20(26-2)21(17)24/h5-11,14,19,24H,3-4,12-13,15H2,1-2H3/t19-/m1/s1. The Morgan fingerprint density at radius 2 is 1.81 bits per heavy atom. The summed E-state index contributed by atoms with van der Waals surface area (Å²) in [5, 5.41) is 10.2. The molecule has 2 aromatic carbocycles. The maximum absolute atomic E-state index is 10.2. The molecule has 3 rings (SSSR count). The molecule has 0 radical (unpaired) electrons. The SMILES string of the molecule is COc1ccc([C@@H](CN=Cc2cccc(OC)c2O)N2CCCC2)cc1. The molecular weight excluding hydrogens is 328 g/mol. The summed E-state index contributed by atoms with van der Waals surface area (Å²) in [5.74, 6) is 1.44. The third-order valence-corrected chi connectivity index (χ3v) is 4.84. The maximum atomic E-state index is 10.2. The van der Waals surface area contributed by atoms with E-state index in [9.17, 15) is 5.11 Å². The van der Waals surface area contributed by atoms with Gasteiger partial charge in [-0.15, -0.1) is 0 Å². The lowest BCUT2D eigenvalue weighted by Gasteiger charge is -2.26. The van der Waals surface area contributed by atoms with E-state index in [2.05, 4.69) is 22.0 Å². The van der Waals surface area contributed by atoms with Gasteiger partial charge in [0.15, 0.2) is 11.5 Å². The highest BCUT2D eigenvalue weighted by atomic mass is 16.5. The molecule has 0 amide bonds. The lowest BCUT2D eigenvalue weighted by atomic mass is 10.1. The smallest absolute Gasteiger partial charge is 0.166 e. The first-order valence-corrected chi connectivity index (χ1v) is 8.96. The van der Waals surface area contributed by atoms with Crippen molar-refractivity contribution in [1.82, 2.24) is 4.90 Å². The zero-order chi connectivity index (χ0) is 18.4. The van der Waals surface area contributed by atoms with Crippen LogP contribution in [0.15, 0.2) is 47.5 Å². The number of methoxy groups -OCH3 is 2. The summed E-state index contributed by atoms with van der Waals surface area (Å²) in [5.41, 5.74) is 1.90. The number of para-hydroxylation sites is 1. The van der Waals surface area contributed by atoms with E-state index in [1.54, 1.807) is 26.5 Å². The molecule has 5 nitrogen and oxygen atoms in total. The monoisotopic (exact) mass is 354 g/mol. The molecule has 1 aliphatic rings. The lowest BCUT2D eigenvalue weighted by Crippen LogP contribution is -2.27. The average molecular weight is 354 g/mol. The highest BCUT2D eigenvalue weighted by Gasteiger charge is 2.23. The third kappa shape index (κ3) is 4.17. The van der Waals surface area contributed by atoms with E-state index in [4.69, 9.17) is 9.47 Å². The fraction of sp³-hybridized carbons (Fsp3) is 0.381. The van der Waals surface area contributed by atoms with Crippen LogP contribution in [0.1, 0.15) is 30.0 Å². The second-order valence-electron chi connectivity index (χ2n) is 6.42. The van der Waals surface area contributed by atoms with Crippen molar-refractivity contribution in [3.63, 3.8) is 0 Å². The summed E-state index contributed by atoms with van der Waals surface area (Å²) in [6.07, 6.45) is 4.19. The Labute approximate surface area is 154 Å². The zero-order valence-corrected chi connectivity index (χ0v) is 15.4. The number of benzene rings is 2. The van der Waals surface area contributed by atoms with E-state index >= 15 is 0 Å². The van der Waals surface area contributed by atoms with Crippen LogP contribution in [0.5, 0.6) is 17.2 Å². The van der Waals surface area contributed by atoms with E-state index in [0.717, 1.165) is 18.8 Å². The number of rotatable bonds is 7. The van der Waals surface area contributed by atoms with Gasteiger partial charge in [-0.25, -0.2) is 0 Å². The summed E-state index contributed by atoms with van der Waals surface area (Å²) in [6.45, 7) is 2.83. The minimum atomic E-state index is 0.126. The Kier molecular flexibility index (Phi) is 6.12. The minimum Gasteiger partial charge on any atom is -0.504 e. The second kappa shape index (κ2) is 8.72. The highest BCUT2D eigenvalue weighted by Crippen LogP contribution is 2.29. The van der Waals surface area contributed by atoms with Crippen LogP contribution in [-0.4, -0.2) is 50.1 Å². The number of hydrogen-bond donors (Lipinski definition) is 1. The van der Waals surface area contributed by atoms with Gasteiger partial charge in [0.25, 0.3) is 0 Å². The first-order valence-electron chi connectivity index (χ1n) is 8.96. The molecule has 138 valence electrons. The molecule has 5 heteroatoms. The lowest BCUT2D eigenvalue weighted by molar-refractivity contribution is 0.252. The van der Waals surface area contributed by atoms with E-state index in [-0.39, 0.29) is 11.8 Å². The van der Waals surface area contributed by atoms with Crippen LogP contribution in [0, 0.1) is 0 Å². The maximum Gasteiger partial charge on any atom is 0.166 e. The highest BCUT2D eigenvalue weighted by molar-refractivity contribution is 5.84. The molecule has 26 heavy (non-hydrogen) atoms. The molecular formula is C21H26N2O3. The van der Waals surface area contributed by atoms with Crippen molar-refractivity contribution in [3.8, 4) is 17.2 Å². The summed E-state index contributed by atoms with van der Waals surface area (Å²) >= 11 is 0. The Morgan fingerprint density at radius 3 is 2.46 bits per heavy atom. The Morgan fingerprint density at radius 1 is 1.08 bits per heavy atom. The molecule has 1 fully saturated rings. The van der Waals surface area contributed by atoms with Gasteiger partial charge in [0.1, 0.15) is 5.75 Å². The topological polar surface area (TPSA) is 54.3 Å². The molecule has 2 aromatic rings. The van der Waals surface area contributed by atoms with Gasteiger partial charge in [0.05, 0.1) is 26.8 Å². The summed E-state index contributed by atoms with van der Waals surface area (Å²) < 4.78 is 10.4. The normalized spacial score (nSPS) is 16.1. The van der Waals surface area contributed by atoms with Gasteiger partial charge < -0.3 is 14.6 Å². The quantitative estimate of drug-likeness (QED) is 0.771. The number of likely N-dealkylation sites (tertiary alicyclic amines) is 1. The van der Waals surface area contributed by atoms with Crippen molar-refractivity contribution in [1.29, 1.82) is 0 Å². The molecule has 1 aliphatic heterocycles. The summed E-state index contributed by atoms with van der Waals surface area (Å²) in [4.78, 5) is 7.11. The van der Waals surface area contributed by atoms with Gasteiger partial charge >= 0.3 is 0 Å². The number of ether oxygens (including phenoxy) is 2. The van der Waals surface area contributed by atoms with Crippen LogP contribution in [-0.2, 0) is 0 Å². The van der Waals surface area contributed by atoms with Crippen molar-refractivity contribution < 1.29 is 14.6 Å². The fourth-order valence-corrected chi connectivity index (χ4v) is 3.37. The first kappa shape index (κ1) is 18.3. The molecule has 0 spiro atoms. The molecule has 1 N–H and O–H groups in total. The minimum absolute atomic E-state index is 0.126. The molecule has 0 bridgehead atoms. The van der Waals surface area contributed by atoms with Gasteiger partial charge in [0, 0.05) is 11.8 Å². The van der Waals surface area contributed by atoms with Crippen LogP contribution < -0.4 is 9.47 Å². The molecule has 0 unspecified atom stereocenters. The molecule has 1 saturated heterocycles. The number of aliphatic imine (C=N–C) groups is 1. The van der Waals surface area contributed by atoms with Crippen molar-refractivity contribution in [2.75, 3.05) is 33.9 Å². The molecule has 1 atom stereocenters. The van der Waals surface area contributed by atoms with Crippen LogP contribution in [0.3, 0.4) is 0 Å². The van der Waals surface area contributed by atoms with E-state index < -0.39 is 0 Å². The van der Waals surface area contributed by atoms with Crippen molar-refractivity contribution in [2.45, 2.75) is 18.9 Å². The Balaban J connectivity index is 1.77. The largest absolute Gasteiger partial charge is 0.504 e. The van der Waals surface area contributed by atoms with Crippen LogP contribution >= 0.6 is 0 Å².